The number of hydrogen-bond acceptors (Lipinski definition) is 5. The molecule has 2 rings (SSSR count). The molecular weight excluding hydrogens is 336 g/mol. The number of hydrogen-bond donors (Lipinski definition) is 1. The second-order valence-corrected chi connectivity index (χ2v) is 6.65. The van der Waals surface area contributed by atoms with E-state index >= 15 is 0 Å². The van der Waals surface area contributed by atoms with Gasteiger partial charge in [-0.2, -0.15) is 5.26 Å². The van der Waals surface area contributed by atoms with Gasteiger partial charge >= 0.3 is 0 Å². The number of ether oxygens (including phenoxy) is 2. The fraction of sp³-hybridized carbons (Fsp3) is 0.263. The molecule has 0 bridgehead atoms. The lowest BCUT2D eigenvalue weighted by atomic mass is 10.2. The van der Waals surface area contributed by atoms with E-state index in [-0.39, 0.29) is 11.2 Å². The first-order valence-corrected chi connectivity index (χ1v) is 8.75. The number of anilines is 1. The normalized spacial score (nSPS) is 11.3. The van der Waals surface area contributed by atoms with Gasteiger partial charge < -0.3 is 14.8 Å². The van der Waals surface area contributed by atoms with Crippen LogP contribution in [0.5, 0.6) is 11.5 Å². The first-order chi connectivity index (χ1) is 12.1. The predicted molar refractivity (Wildman–Crippen MR) is 100 cm³/mol. The lowest BCUT2D eigenvalue weighted by molar-refractivity contribution is -0.115. The smallest absolute Gasteiger partial charge is 0.237 e. The molecule has 0 aromatic heterocycles. The summed E-state index contributed by atoms with van der Waals surface area (Å²) in [6.07, 6.45) is 0. The van der Waals surface area contributed by atoms with Crippen LogP contribution < -0.4 is 14.8 Å². The van der Waals surface area contributed by atoms with Crippen LogP contribution in [0, 0.1) is 11.3 Å². The number of thioether (sulfide) groups is 1. The number of amides is 1. The highest BCUT2D eigenvalue weighted by Crippen LogP contribution is 2.30. The fourth-order valence-electron chi connectivity index (χ4n) is 2.19. The van der Waals surface area contributed by atoms with Crippen LogP contribution in [0.3, 0.4) is 0 Å². The minimum absolute atomic E-state index is 0.0892. The third kappa shape index (κ3) is 5.16. The maximum absolute atomic E-state index is 12.4. The van der Waals surface area contributed by atoms with Gasteiger partial charge in [-0.25, -0.2) is 0 Å². The zero-order valence-corrected chi connectivity index (χ0v) is 15.2. The molecule has 25 heavy (non-hydrogen) atoms. The van der Waals surface area contributed by atoms with Crippen molar-refractivity contribution in [2.75, 3.05) is 19.5 Å². The van der Waals surface area contributed by atoms with Gasteiger partial charge in [-0.3, -0.25) is 4.79 Å². The lowest BCUT2D eigenvalue weighted by Gasteiger charge is -2.14. The van der Waals surface area contributed by atoms with E-state index in [4.69, 9.17) is 14.7 Å². The summed E-state index contributed by atoms with van der Waals surface area (Å²) in [6.45, 7) is 1.86. The van der Waals surface area contributed by atoms with E-state index in [9.17, 15) is 4.79 Å². The van der Waals surface area contributed by atoms with Crippen molar-refractivity contribution in [1.82, 2.24) is 0 Å². The molecule has 0 fully saturated rings. The minimum Gasteiger partial charge on any atom is -0.493 e. The summed E-state index contributed by atoms with van der Waals surface area (Å²) in [7, 11) is 3.12. The third-order valence-electron chi connectivity index (χ3n) is 3.58. The summed E-state index contributed by atoms with van der Waals surface area (Å²) in [5.41, 5.74) is 2.30. The molecule has 1 N–H and O–H groups in total. The molecule has 0 saturated heterocycles. The number of benzene rings is 2. The Morgan fingerprint density at radius 1 is 1.20 bits per heavy atom. The van der Waals surface area contributed by atoms with Gasteiger partial charge in [0, 0.05) is 17.5 Å². The average molecular weight is 356 g/mol. The van der Waals surface area contributed by atoms with Crippen LogP contribution in [-0.4, -0.2) is 25.4 Å². The van der Waals surface area contributed by atoms with Crippen molar-refractivity contribution in [2.45, 2.75) is 17.9 Å². The van der Waals surface area contributed by atoms with Crippen LogP contribution in [0.25, 0.3) is 0 Å². The Labute approximate surface area is 151 Å². The van der Waals surface area contributed by atoms with E-state index in [0.717, 1.165) is 5.56 Å². The van der Waals surface area contributed by atoms with Gasteiger partial charge in [0.15, 0.2) is 11.5 Å². The molecule has 0 aliphatic rings. The van der Waals surface area contributed by atoms with Gasteiger partial charge in [-0.1, -0.05) is 12.1 Å². The predicted octanol–water partition coefficient (Wildman–Crippen LogP) is 3.84. The standard InChI is InChI=1S/C19H20N2O3S/c1-13(25-12-15-6-4-5-14(9-15)11-20)19(22)21-16-7-8-17(23-2)18(10-16)24-3/h4-10,13H,12H2,1-3H3,(H,21,22). The highest BCUT2D eigenvalue weighted by molar-refractivity contribution is 7.99. The monoisotopic (exact) mass is 356 g/mol. The maximum Gasteiger partial charge on any atom is 0.237 e. The Balaban J connectivity index is 1.95. The molecule has 0 aliphatic heterocycles. The Morgan fingerprint density at radius 3 is 2.64 bits per heavy atom. The molecule has 2 aromatic carbocycles. The van der Waals surface area contributed by atoms with Crippen LogP contribution in [-0.2, 0) is 10.5 Å². The van der Waals surface area contributed by atoms with Gasteiger partial charge in [0.05, 0.1) is 31.1 Å². The third-order valence-corrected chi connectivity index (χ3v) is 4.79. The second kappa shape index (κ2) is 9.00. The van der Waals surface area contributed by atoms with Crippen LogP contribution in [0.2, 0.25) is 0 Å². The molecule has 1 amide bonds. The van der Waals surface area contributed by atoms with Crippen LogP contribution in [0.15, 0.2) is 42.5 Å². The highest BCUT2D eigenvalue weighted by Gasteiger charge is 2.15. The van der Waals surface area contributed by atoms with Crippen molar-refractivity contribution in [3.8, 4) is 17.6 Å². The van der Waals surface area contributed by atoms with Crippen LogP contribution >= 0.6 is 11.8 Å². The molecular formula is C19H20N2O3S. The van der Waals surface area contributed by atoms with E-state index in [1.165, 1.54) is 11.8 Å². The van der Waals surface area contributed by atoms with Crippen molar-refractivity contribution in [3.05, 3.63) is 53.6 Å². The molecule has 1 unspecified atom stereocenters. The molecule has 5 nitrogen and oxygen atoms in total. The van der Waals surface area contributed by atoms with E-state index in [1.54, 1.807) is 38.5 Å². The van der Waals surface area contributed by atoms with Crippen molar-refractivity contribution < 1.29 is 14.3 Å². The Bertz CT molecular complexity index is 786. The van der Waals surface area contributed by atoms with E-state index in [1.807, 2.05) is 25.1 Å². The Kier molecular flexibility index (Phi) is 6.72. The number of nitrogens with zero attached hydrogens (tertiary/aromatic N) is 1. The summed E-state index contributed by atoms with van der Waals surface area (Å²) in [4.78, 5) is 12.4. The van der Waals surface area contributed by atoms with Gasteiger partial charge in [-0.15, -0.1) is 11.8 Å². The van der Waals surface area contributed by atoms with Crippen molar-refractivity contribution >= 4 is 23.4 Å². The first-order valence-electron chi connectivity index (χ1n) is 7.71. The number of nitrogens with one attached hydrogen (secondary N) is 1. The van der Waals surface area contributed by atoms with Crippen molar-refractivity contribution in [3.63, 3.8) is 0 Å². The molecule has 0 spiro atoms. The lowest BCUT2D eigenvalue weighted by Crippen LogP contribution is -2.22. The second-order valence-electron chi connectivity index (χ2n) is 5.32. The fourth-order valence-corrected chi connectivity index (χ4v) is 3.02. The summed E-state index contributed by atoms with van der Waals surface area (Å²) >= 11 is 1.52. The average Bonchev–Trinajstić information content (AvgIpc) is 2.65. The zero-order chi connectivity index (χ0) is 18.2. The van der Waals surface area contributed by atoms with E-state index in [0.29, 0.717) is 28.5 Å². The SMILES string of the molecule is COc1ccc(NC(=O)C(C)SCc2cccc(C#N)c2)cc1OC. The summed E-state index contributed by atoms with van der Waals surface area (Å²) in [5, 5.41) is 11.6. The Hall–Kier alpha value is -2.65. The summed E-state index contributed by atoms with van der Waals surface area (Å²) < 4.78 is 10.4. The topological polar surface area (TPSA) is 71.3 Å². The highest BCUT2D eigenvalue weighted by atomic mass is 32.2. The maximum atomic E-state index is 12.4. The van der Waals surface area contributed by atoms with Gasteiger partial charge in [-0.05, 0) is 36.8 Å². The van der Waals surface area contributed by atoms with E-state index < -0.39 is 0 Å². The van der Waals surface area contributed by atoms with Gasteiger partial charge in [0.1, 0.15) is 0 Å². The number of methoxy groups -OCH3 is 2. The van der Waals surface area contributed by atoms with E-state index in [2.05, 4.69) is 11.4 Å². The molecule has 130 valence electrons. The first kappa shape index (κ1) is 18.7. The molecule has 0 aliphatic carbocycles. The Morgan fingerprint density at radius 2 is 1.96 bits per heavy atom. The number of carbonyl (C=O) groups excluding carboxylic acids is 1. The number of carbonyl (C=O) groups is 1. The molecule has 0 saturated carbocycles. The van der Waals surface area contributed by atoms with Crippen LogP contribution in [0.4, 0.5) is 5.69 Å². The van der Waals surface area contributed by atoms with Gasteiger partial charge in [0.25, 0.3) is 0 Å². The quantitative estimate of drug-likeness (QED) is 0.816. The zero-order valence-electron chi connectivity index (χ0n) is 14.4. The van der Waals surface area contributed by atoms with Crippen molar-refractivity contribution in [1.29, 1.82) is 5.26 Å². The van der Waals surface area contributed by atoms with Gasteiger partial charge in [0.2, 0.25) is 5.91 Å². The number of rotatable bonds is 7. The molecule has 2 aromatic rings. The molecule has 6 heteroatoms. The largest absolute Gasteiger partial charge is 0.493 e. The molecule has 1 atom stereocenters. The summed E-state index contributed by atoms with van der Waals surface area (Å²) in [5.74, 6) is 1.75. The van der Waals surface area contributed by atoms with Crippen molar-refractivity contribution in [2.24, 2.45) is 0 Å². The summed E-state index contributed by atoms with van der Waals surface area (Å²) in [6, 6.07) is 14.8. The number of nitriles is 1. The van der Waals surface area contributed by atoms with Crippen LogP contribution in [0.1, 0.15) is 18.1 Å². The minimum atomic E-state index is -0.237. The molecule has 0 radical (unpaired) electrons. The molecule has 0 heterocycles.